The minimum atomic E-state index is 0.660. The number of aryl methyl sites for hydroxylation is 1. The predicted molar refractivity (Wildman–Crippen MR) is 70.5 cm³/mol. The van der Waals surface area contributed by atoms with Crippen LogP contribution in [-0.4, -0.2) is 59.0 Å². The molecule has 0 bridgehead atoms. The molecule has 0 aromatic carbocycles. The van der Waals surface area contributed by atoms with Crippen LogP contribution in [0.25, 0.3) is 5.65 Å². The lowest BCUT2D eigenvalue weighted by atomic mass is 10.4. The third kappa shape index (κ3) is 2.85. The molecule has 2 aromatic rings. The minimum absolute atomic E-state index is 0.660. The van der Waals surface area contributed by atoms with Crippen molar-refractivity contribution < 1.29 is 9.47 Å². The summed E-state index contributed by atoms with van der Waals surface area (Å²) in [6, 6.07) is 0. The molecule has 0 unspecified atom stereocenters. The highest BCUT2D eigenvalue weighted by Crippen LogP contribution is 2.12. The fourth-order valence-electron chi connectivity index (χ4n) is 2.17. The molecular formula is C13H18N4O2. The van der Waals surface area contributed by atoms with Gasteiger partial charge >= 0.3 is 0 Å². The van der Waals surface area contributed by atoms with E-state index >= 15 is 0 Å². The molecular weight excluding hydrogens is 244 g/mol. The molecule has 0 atom stereocenters. The van der Waals surface area contributed by atoms with Crippen molar-refractivity contribution >= 4 is 5.65 Å². The number of hydrogen-bond acceptors (Lipinski definition) is 5. The van der Waals surface area contributed by atoms with E-state index in [-0.39, 0.29) is 0 Å². The van der Waals surface area contributed by atoms with Crippen LogP contribution in [-0.2, 0) is 4.74 Å². The topological polar surface area (TPSA) is 51.9 Å². The van der Waals surface area contributed by atoms with Crippen molar-refractivity contribution in [1.82, 2.24) is 19.5 Å². The molecule has 1 aliphatic heterocycles. The third-order valence-electron chi connectivity index (χ3n) is 3.29. The summed E-state index contributed by atoms with van der Waals surface area (Å²) in [7, 11) is 0. The summed E-state index contributed by atoms with van der Waals surface area (Å²) in [5.41, 5.74) is 1.94. The second-order valence-electron chi connectivity index (χ2n) is 4.69. The van der Waals surface area contributed by atoms with Gasteiger partial charge in [0.1, 0.15) is 6.61 Å². The Morgan fingerprint density at radius 1 is 1.32 bits per heavy atom. The Morgan fingerprint density at radius 3 is 3.00 bits per heavy atom. The molecule has 1 fully saturated rings. The lowest BCUT2D eigenvalue weighted by molar-refractivity contribution is 0.0322. The van der Waals surface area contributed by atoms with Crippen LogP contribution in [0.3, 0.4) is 0 Å². The first-order valence-electron chi connectivity index (χ1n) is 6.56. The smallest absolute Gasteiger partial charge is 0.158 e. The monoisotopic (exact) mass is 262 g/mol. The van der Waals surface area contributed by atoms with Gasteiger partial charge < -0.3 is 9.47 Å². The van der Waals surface area contributed by atoms with Crippen molar-refractivity contribution in [2.24, 2.45) is 0 Å². The molecule has 0 radical (unpaired) electrons. The van der Waals surface area contributed by atoms with Crippen molar-refractivity contribution in [2.75, 3.05) is 39.5 Å². The quantitative estimate of drug-likeness (QED) is 0.814. The number of aromatic nitrogens is 3. The molecule has 1 saturated heterocycles. The Balaban J connectivity index is 1.56. The van der Waals surface area contributed by atoms with Gasteiger partial charge in [0.25, 0.3) is 0 Å². The van der Waals surface area contributed by atoms with Crippen molar-refractivity contribution in [3.8, 4) is 5.75 Å². The molecule has 19 heavy (non-hydrogen) atoms. The number of fused-ring (bicyclic) bond motifs is 1. The van der Waals surface area contributed by atoms with Gasteiger partial charge in [-0.15, -0.1) is 0 Å². The molecule has 3 heterocycles. The van der Waals surface area contributed by atoms with E-state index in [2.05, 4.69) is 15.0 Å². The molecule has 0 saturated carbocycles. The molecule has 0 amide bonds. The van der Waals surface area contributed by atoms with Crippen LogP contribution in [0.4, 0.5) is 0 Å². The molecule has 1 aliphatic rings. The van der Waals surface area contributed by atoms with E-state index in [1.54, 1.807) is 16.9 Å². The first-order valence-corrected chi connectivity index (χ1v) is 6.56. The molecule has 0 aliphatic carbocycles. The average Bonchev–Trinajstić information content (AvgIpc) is 2.81. The highest BCUT2D eigenvalue weighted by Gasteiger charge is 2.10. The summed E-state index contributed by atoms with van der Waals surface area (Å²) in [4.78, 5) is 6.69. The van der Waals surface area contributed by atoms with Crippen molar-refractivity contribution in [3.63, 3.8) is 0 Å². The Hall–Kier alpha value is -1.66. The second kappa shape index (κ2) is 5.54. The minimum Gasteiger partial charge on any atom is -0.489 e. The van der Waals surface area contributed by atoms with Gasteiger partial charge in [-0.25, -0.2) is 9.50 Å². The molecule has 0 N–H and O–H groups in total. The highest BCUT2D eigenvalue weighted by atomic mass is 16.5. The summed E-state index contributed by atoms with van der Waals surface area (Å²) in [5.74, 6) is 0.754. The van der Waals surface area contributed by atoms with Crippen molar-refractivity contribution in [1.29, 1.82) is 0 Å². The Labute approximate surface area is 111 Å². The summed E-state index contributed by atoms with van der Waals surface area (Å²) in [6.45, 7) is 7.18. The first kappa shape index (κ1) is 12.4. The van der Waals surface area contributed by atoms with E-state index < -0.39 is 0 Å². The molecule has 0 spiro atoms. The van der Waals surface area contributed by atoms with Gasteiger partial charge in [-0.1, -0.05) is 0 Å². The molecule has 102 valence electrons. The molecule has 6 heteroatoms. The summed E-state index contributed by atoms with van der Waals surface area (Å²) >= 11 is 0. The molecule has 3 rings (SSSR count). The Kier molecular flexibility index (Phi) is 3.61. The van der Waals surface area contributed by atoms with Gasteiger partial charge in [0.15, 0.2) is 11.4 Å². The third-order valence-corrected chi connectivity index (χ3v) is 3.29. The van der Waals surface area contributed by atoms with E-state index in [0.29, 0.717) is 6.61 Å². The second-order valence-corrected chi connectivity index (χ2v) is 4.69. The van der Waals surface area contributed by atoms with Gasteiger partial charge in [0, 0.05) is 25.2 Å². The SMILES string of the molecule is Cc1cnn2cc(OCCN3CCOCC3)cnc12. The van der Waals surface area contributed by atoms with Gasteiger partial charge in [0.05, 0.1) is 31.8 Å². The van der Waals surface area contributed by atoms with E-state index in [9.17, 15) is 0 Å². The van der Waals surface area contributed by atoms with Crippen molar-refractivity contribution in [3.05, 3.63) is 24.2 Å². The lowest BCUT2D eigenvalue weighted by Gasteiger charge is -2.26. The number of morpholine rings is 1. The van der Waals surface area contributed by atoms with E-state index in [4.69, 9.17) is 9.47 Å². The standard InChI is InChI=1S/C13H18N4O2/c1-11-8-15-17-10-12(9-14-13(11)17)19-7-4-16-2-5-18-6-3-16/h8-10H,2-7H2,1H3. The maximum atomic E-state index is 5.72. The van der Waals surface area contributed by atoms with Gasteiger partial charge in [-0.3, -0.25) is 4.90 Å². The van der Waals surface area contributed by atoms with Crippen LogP contribution in [0.1, 0.15) is 5.56 Å². The zero-order valence-corrected chi connectivity index (χ0v) is 11.1. The first-order chi connectivity index (χ1) is 9.33. The van der Waals surface area contributed by atoms with E-state index in [1.807, 2.05) is 13.1 Å². The summed E-state index contributed by atoms with van der Waals surface area (Å²) in [5, 5.41) is 4.22. The molecule has 2 aromatic heterocycles. The van der Waals surface area contributed by atoms with E-state index in [0.717, 1.165) is 49.8 Å². The van der Waals surface area contributed by atoms with Crippen LogP contribution in [0.2, 0.25) is 0 Å². The summed E-state index contributed by atoms with van der Waals surface area (Å²) in [6.07, 6.45) is 5.43. The van der Waals surface area contributed by atoms with E-state index in [1.165, 1.54) is 0 Å². The largest absolute Gasteiger partial charge is 0.489 e. The molecule has 6 nitrogen and oxygen atoms in total. The highest BCUT2D eigenvalue weighted by molar-refractivity contribution is 5.45. The predicted octanol–water partition coefficient (Wildman–Crippen LogP) is 0.749. The van der Waals surface area contributed by atoms with Crippen LogP contribution in [0.5, 0.6) is 5.75 Å². The lowest BCUT2D eigenvalue weighted by Crippen LogP contribution is -2.38. The number of hydrogen-bond donors (Lipinski definition) is 0. The van der Waals surface area contributed by atoms with Gasteiger partial charge in [-0.2, -0.15) is 5.10 Å². The zero-order chi connectivity index (χ0) is 13.1. The zero-order valence-electron chi connectivity index (χ0n) is 11.1. The summed E-state index contributed by atoms with van der Waals surface area (Å²) < 4.78 is 12.8. The normalized spacial score (nSPS) is 16.9. The van der Waals surface area contributed by atoms with Gasteiger partial charge in [-0.05, 0) is 6.92 Å². The number of nitrogens with zero attached hydrogens (tertiary/aromatic N) is 4. The Bertz CT molecular complexity index is 549. The van der Waals surface area contributed by atoms with Crippen LogP contribution in [0, 0.1) is 6.92 Å². The fourth-order valence-corrected chi connectivity index (χ4v) is 2.17. The van der Waals surface area contributed by atoms with Crippen LogP contribution < -0.4 is 4.74 Å². The van der Waals surface area contributed by atoms with Crippen LogP contribution >= 0.6 is 0 Å². The number of ether oxygens (including phenoxy) is 2. The van der Waals surface area contributed by atoms with Crippen LogP contribution in [0.15, 0.2) is 18.6 Å². The average molecular weight is 262 g/mol. The van der Waals surface area contributed by atoms with Gasteiger partial charge in [0.2, 0.25) is 0 Å². The fraction of sp³-hybridized carbons (Fsp3) is 0.538. The number of rotatable bonds is 4. The maximum absolute atomic E-state index is 5.72. The Morgan fingerprint density at radius 2 is 2.16 bits per heavy atom. The maximum Gasteiger partial charge on any atom is 0.158 e. The van der Waals surface area contributed by atoms with Crippen molar-refractivity contribution in [2.45, 2.75) is 6.92 Å².